The molecule has 0 aromatic heterocycles. The van der Waals surface area contributed by atoms with E-state index in [9.17, 15) is 0 Å². The maximum Gasteiger partial charge on any atom is 0.121 e. The van der Waals surface area contributed by atoms with Crippen LogP contribution in [-0.2, 0) is 6.54 Å². The molecule has 0 radical (unpaired) electrons. The topological polar surface area (TPSA) is 45.0 Å². The number of nitrogens with one attached hydrogen (secondary N) is 1. The van der Waals surface area contributed by atoms with Crippen molar-refractivity contribution in [2.75, 3.05) is 12.4 Å². The number of hydrogen-bond acceptors (Lipinski definition) is 3. The highest BCUT2D eigenvalue weighted by Gasteiger charge is 2.04. The van der Waals surface area contributed by atoms with Crippen molar-refractivity contribution in [3.05, 3.63) is 58.1 Å². The molecule has 2 aromatic rings. The summed E-state index contributed by atoms with van der Waals surface area (Å²) < 4.78 is 5.23. The Hall–Kier alpha value is -2.18. The first-order valence-electron chi connectivity index (χ1n) is 6.21. The zero-order valence-corrected chi connectivity index (χ0v) is 12.2. The molecular formula is C16H15ClN2O. The summed E-state index contributed by atoms with van der Waals surface area (Å²) in [4.78, 5) is 0. The molecule has 0 spiro atoms. The number of methoxy groups -OCH3 is 1. The smallest absolute Gasteiger partial charge is 0.121 e. The summed E-state index contributed by atoms with van der Waals surface area (Å²) in [6, 6.07) is 13.4. The molecule has 2 rings (SSSR count). The number of hydrogen-bond donors (Lipinski definition) is 1. The van der Waals surface area contributed by atoms with Gasteiger partial charge in [-0.3, -0.25) is 0 Å². The van der Waals surface area contributed by atoms with Crippen molar-refractivity contribution in [1.82, 2.24) is 0 Å². The second-order valence-electron chi connectivity index (χ2n) is 4.46. The summed E-state index contributed by atoms with van der Waals surface area (Å²) in [5.41, 5.74) is 3.54. The van der Waals surface area contributed by atoms with Crippen molar-refractivity contribution in [1.29, 1.82) is 5.26 Å². The normalized spacial score (nSPS) is 9.90. The first-order valence-corrected chi connectivity index (χ1v) is 6.59. The van der Waals surface area contributed by atoms with Crippen molar-refractivity contribution >= 4 is 17.3 Å². The lowest BCUT2D eigenvalue weighted by atomic mass is 10.1. The Labute approximate surface area is 123 Å². The number of anilines is 1. The van der Waals surface area contributed by atoms with Crippen LogP contribution < -0.4 is 10.1 Å². The lowest BCUT2D eigenvalue weighted by Crippen LogP contribution is -2.02. The summed E-state index contributed by atoms with van der Waals surface area (Å²) in [5.74, 6) is 0.873. The number of nitriles is 1. The minimum absolute atomic E-state index is 0.544. The summed E-state index contributed by atoms with van der Waals surface area (Å²) >= 11 is 5.87. The Balaban J connectivity index is 2.13. The molecule has 0 bridgehead atoms. The molecule has 0 amide bonds. The summed E-state index contributed by atoms with van der Waals surface area (Å²) in [6.07, 6.45) is 0. The third-order valence-electron chi connectivity index (χ3n) is 3.04. The van der Waals surface area contributed by atoms with E-state index in [1.807, 2.05) is 25.1 Å². The van der Waals surface area contributed by atoms with E-state index >= 15 is 0 Å². The number of benzene rings is 2. The molecule has 0 aliphatic heterocycles. The fourth-order valence-corrected chi connectivity index (χ4v) is 2.18. The van der Waals surface area contributed by atoms with E-state index in [1.165, 1.54) is 0 Å². The average Bonchev–Trinajstić information content (AvgIpc) is 2.46. The highest BCUT2D eigenvalue weighted by molar-refractivity contribution is 6.30. The van der Waals surface area contributed by atoms with Gasteiger partial charge in [0.25, 0.3) is 0 Å². The zero-order valence-electron chi connectivity index (χ0n) is 11.4. The minimum Gasteiger partial charge on any atom is -0.496 e. The van der Waals surface area contributed by atoms with Gasteiger partial charge in [-0.05, 0) is 42.3 Å². The minimum atomic E-state index is 0.544. The first-order chi connectivity index (χ1) is 9.63. The van der Waals surface area contributed by atoms with Crippen LogP contribution in [0.1, 0.15) is 16.7 Å². The Morgan fingerprint density at radius 2 is 2.05 bits per heavy atom. The molecule has 2 aromatic carbocycles. The Morgan fingerprint density at radius 1 is 1.25 bits per heavy atom. The van der Waals surface area contributed by atoms with E-state index in [4.69, 9.17) is 21.6 Å². The van der Waals surface area contributed by atoms with E-state index < -0.39 is 0 Å². The molecule has 0 unspecified atom stereocenters. The first kappa shape index (κ1) is 14.2. The van der Waals surface area contributed by atoms with Gasteiger partial charge in [-0.1, -0.05) is 23.7 Å². The number of ether oxygens (including phenoxy) is 1. The van der Waals surface area contributed by atoms with Crippen LogP contribution in [0.2, 0.25) is 5.02 Å². The summed E-state index contributed by atoms with van der Waals surface area (Å²) in [7, 11) is 1.66. The molecule has 0 saturated heterocycles. The van der Waals surface area contributed by atoms with Crippen LogP contribution in [0.4, 0.5) is 5.69 Å². The van der Waals surface area contributed by atoms with Gasteiger partial charge in [-0.2, -0.15) is 5.26 Å². The second kappa shape index (κ2) is 6.31. The van der Waals surface area contributed by atoms with Crippen LogP contribution in [-0.4, -0.2) is 7.11 Å². The lowest BCUT2D eigenvalue weighted by Gasteiger charge is -2.10. The van der Waals surface area contributed by atoms with Crippen LogP contribution in [0, 0.1) is 18.3 Å². The molecule has 0 atom stereocenters. The number of nitrogens with zero attached hydrogens (tertiary/aromatic N) is 1. The standard InChI is InChI=1S/C16H15ClN2O/c1-11-7-12(3-6-16(11)20-2)10-19-15-5-4-14(17)8-13(15)9-18/h3-8,19H,10H2,1-2H3. The molecule has 102 valence electrons. The monoisotopic (exact) mass is 286 g/mol. The van der Waals surface area contributed by atoms with Crippen LogP contribution in [0.25, 0.3) is 0 Å². The SMILES string of the molecule is COc1ccc(CNc2ccc(Cl)cc2C#N)cc1C. The molecule has 1 N–H and O–H groups in total. The van der Waals surface area contributed by atoms with Gasteiger partial charge in [0.15, 0.2) is 0 Å². The molecule has 3 nitrogen and oxygen atoms in total. The maximum atomic E-state index is 9.09. The van der Waals surface area contributed by atoms with Crippen molar-refractivity contribution in [2.24, 2.45) is 0 Å². The van der Waals surface area contributed by atoms with Crippen LogP contribution in [0.15, 0.2) is 36.4 Å². The third-order valence-corrected chi connectivity index (χ3v) is 3.28. The van der Waals surface area contributed by atoms with Gasteiger partial charge < -0.3 is 10.1 Å². The molecule has 0 fully saturated rings. The van der Waals surface area contributed by atoms with Gasteiger partial charge >= 0.3 is 0 Å². The van der Waals surface area contributed by atoms with Crippen molar-refractivity contribution in [3.8, 4) is 11.8 Å². The van der Waals surface area contributed by atoms with Crippen molar-refractivity contribution in [3.63, 3.8) is 0 Å². The molecule has 0 saturated carbocycles. The van der Waals surface area contributed by atoms with Crippen LogP contribution >= 0.6 is 11.6 Å². The van der Waals surface area contributed by atoms with Gasteiger partial charge in [0.1, 0.15) is 11.8 Å². The predicted octanol–water partition coefficient (Wildman–Crippen LogP) is 4.14. The van der Waals surface area contributed by atoms with Gasteiger partial charge in [-0.15, -0.1) is 0 Å². The number of rotatable bonds is 4. The van der Waals surface area contributed by atoms with E-state index in [0.717, 1.165) is 22.6 Å². The van der Waals surface area contributed by atoms with Gasteiger partial charge in [0.05, 0.1) is 18.4 Å². The molecule has 0 heterocycles. The van der Waals surface area contributed by atoms with Crippen molar-refractivity contribution in [2.45, 2.75) is 13.5 Å². The molecular weight excluding hydrogens is 272 g/mol. The van der Waals surface area contributed by atoms with Crippen LogP contribution in [0.3, 0.4) is 0 Å². The highest BCUT2D eigenvalue weighted by atomic mass is 35.5. The molecule has 0 aliphatic rings. The summed E-state index contributed by atoms with van der Waals surface area (Å²) in [6.45, 7) is 2.65. The van der Waals surface area contributed by atoms with Gasteiger partial charge in [0.2, 0.25) is 0 Å². The number of aryl methyl sites for hydroxylation is 1. The highest BCUT2D eigenvalue weighted by Crippen LogP contribution is 2.22. The Kier molecular flexibility index (Phi) is 4.49. The summed E-state index contributed by atoms with van der Waals surface area (Å²) in [5, 5.41) is 12.9. The lowest BCUT2D eigenvalue weighted by molar-refractivity contribution is 0.411. The quantitative estimate of drug-likeness (QED) is 0.919. The van der Waals surface area contributed by atoms with E-state index in [0.29, 0.717) is 17.1 Å². The average molecular weight is 287 g/mol. The maximum absolute atomic E-state index is 9.09. The second-order valence-corrected chi connectivity index (χ2v) is 4.90. The number of halogens is 1. The fourth-order valence-electron chi connectivity index (χ4n) is 2.01. The Bertz CT molecular complexity index is 662. The molecule has 0 aliphatic carbocycles. The van der Waals surface area contributed by atoms with Gasteiger partial charge in [0, 0.05) is 11.6 Å². The van der Waals surface area contributed by atoms with Gasteiger partial charge in [-0.25, -0.2) is 0 Å². The zero-order chi connectivity index (χ0) is 14.5. The predicted molar refractivity (Wildman–Crippen MR) is 81.2 cm³/mol. The van der Waals surface area contributed by atoms with Crippen LogP contribution in [0.5, 0.6) is 5.75 Å². The Morgan fingerprint density at radius 3 is 2.70 bits per heavy atom. The van der Waals surface area contributed by atoms with E-state index in [2.05, 4.69) is 17.5 Å². The third kappa shape index (κ3) is 3.23. The fraction of sp³-hybridized carbons (Fsp3) is 0.188. The van der Waals surface area contributed by atoms with E-state index in [-0.39, 0.29) is 0 Å². The largest absolute Gasteiger partial charge is 0.496 e. The molecule has 20 heavy (non-hydrogen) atoms. The molecule has 4 heteroatoms. The van der Waals surface area contributed by atoms with E-state index in [1.54, 1.807) is 19.2 Å². The van der Waals surface area contributed by atoms with Crippen molar-refractivity contribution < 1.29 is 4.74 Å².